The van der Waals surface area contributed by atoms with Crippen molar-refractivity contribution in [1.29, 1.82) is 0 Å². The van der Waals surface area contributed by atoms with Gasteiger partial charge < -0.3 is 19.2 Å². The molecule has 1 N–H and O–H groups in total. The lowest BCUT2D eigenvalue weighted by atomic mass is 10.2. The molecule has 0 bridgehead atoms. The van der Waals surface area contributed by atoms with Gasteiger partial charge in [-0.2, -0.15) is 9.78 Å². The van der Waals surface area contributed by atoms with Gasteiger partial charge in [0.15, 0.2) is 23.9 Å². The van der Waals surface area contributed by atoms with Gasteiger partial charge in [-0.25, -0.2) is 4.98 Å². The maximum Gasteiger partial charge on any atom is 0.282 e. The van der Waals surface area contributed by atoms with Crippen LogP contribution in [0.1, 0.15) is 18.1 Å². The molecule has 4 aromatic carbocycles. The van der Waals surface area contributed by atoms with Gasteiger partial charge in [0.2, 0.25) is 5.82 Å². The van der Waals surface area contributed by atoms with Crippen LogP contribution in [-0.4, -0.2) is 35.0 Å². The molecule has 0 spiro atoms. The van der Waals surface area contributed by atoms with E-state index in [0.717, 1.165) is 16.6 Å². The first-order valence-electron chi connectivity index (χ1n) is 13.8. The van der Waals surface area contributed by atoms with E-state index in [4.69, 9.17) is 18.9 Å². The Hall–Kier alpha value is -5.70. The Morgan fingerprint density at radius 2 is 1.74 bits per heavy atom. The smallest absolute Gasteiger partial charge is 0.282 e. The lowest BCUT2D eigenvalue weighted by Gasteiger charge is -2.13. The molecule has 1 amide bonds. The first kappa shape index (κ1) is 27.5. The van der Waals surface area contributed by atoms with E-state index in [1.165, 1.54) is 4.68 Å². The topological polar surface area (TPSA) is 108 Å². The van der Waals surface area contributed by atoms with Gasteiger partial charge in [0, 0.05) is 11.1 Å². The number of furan rings is 1. The van der Waals surface area contributed by atoms with Crippen molar-refractivity contribution in [2.24, 2.45) is 5.10 Å². The maximum atomic E-state index is 13.6. The molecule has 0 fully saturated rings. The number of benzene rings is 4. The van der Waals surface area contributed by atoms with Gasteiger partial charge in [0.05, 0.1) is 23.7 Å². The lowest BCUT2D eigenvalue weighted by molar-refractivity contribution is -0.118. The van der Waals surface area contributed by atoms with Crippen molar-refractivity contribution in [3.05, 3.63) is 119 Å². The Bertz CT molecular complexity index is 2010. The molecule has 43 heavy (non-hydrogen) atoms. The highest BCUT2D eigenvalue weighted by atomic mass is 16.5. The molecular formula is C34H28N4O5. The average Bonchev–Trinajstić information content (AvgIpc) is 3.46. The summed E-state index contributed by atoms with van der Waals surface area (Å²) in [5.74, 6) is 1.26. The monoisotopic (exact) mass is 572 g/mol. The number of carbonyl (C=O) groups excluding carboxylic acids is 1. The van der Waals surface area contributed by atoms with Gasteiger partial charge in [0.25, 0.3) is 11.5 Å². The van der Waals surface area contributed by atoms with Crippen molar-refractivity contribution in [2.45, 2.75) is 13.8 Å². The zero-order valence-corrected chi connectivity index (χ0v) is 23.6. The van der Waals surface area contributed by atoms with Crippen LogP contribution in [0.5, 0.6) is 11.5 Å². The van der Waals surface area contributed by atoms with Crippen LogP contribution in [0.2, 0.25) is 0 Å². The summed E-state index contributed by atoms with van der Waals surface area (Å²) < 4.78 is 18.9. The van der Waals surface area contributed by atoms with E-state index in [1.807, 2.05) is 74.5 Å². The molecule has 0 unspecified atom stereocenters. The molecule has 9 nitrogen and oxygen atoms in total. The van der Waals surface area contributed by atoms with Gasteiger partial charge in [-0.15, -0.1) is 0 Å². The number of anilines is 1. The average molecular weight is 573 g/mol. The zero-order valence-electron chi connectivity index (χ0n) is 23.6. The molecule has 2 heterocycles. The fourth-order valence-electron chi connectivity index (χ4n) is 4.64. The quantitative estimate of drug-likeness (QED) is 0.201. The molecule has 9 heteroatoms. The summed E-state index contributed by atoms with van der Waals surface area (Å²) in [4.78, 5) is 30.8. The highest BCUT2D eigenvalue weighted by Gasteiger charge is 2.17. The van der Waals surface area contributed by atoms with Crippen LogP contribution < -0.4 is 20.3 Å². The SMILES string of the molecule is CCOc1cc(C=Nn2c(-c3cc4ccccc4o3)nc3ccccc3c2=O)ccc1OCC(=O)Nc1ccccc1C. The third-order valence-electron chi connectivity index (χ3n) is 6.77. The molecule has 0 atom stereocenters. The van der Waals surface area contributed by atoms with E-state index in [1.54, 1.807) is 42.6 Å². The molecule has 6 aromatic rings. The Morgan fingerprint density at radius 1 is 0.953 bits per heavy atom. The minimum Gasteiger partial charge on any atom is -0.490 e. The number of hydrogen-bond acceptors (Lipinski definition) is 7. The number of para-hydroxylation sites is 3. The Balaban J connectivity index is 1.30. The van der Waals surface area contributed by atoms with E-state index in [0.29, 0.717) is 45.9 Å². The second-order valence-corrected chi connectivity index (χ2v) is 9.75. The number of amides is 1. The van der Waals surface area contributed by atoms with Crippen LogP contribution in [0.15, 0.2) is 111 Å². The van der Waals surface area contributed by atoms with Crippen molar-refractivity contribution < 1.29 is 18.7 Å². The molecule has 0 radical (unpaired) electrons. The minimum absolute atomic E-state index is 0.194. The van der Waals surface area contributed by atoms with Crippen LogP contribution in [-0.2, 0) is 4.79 Å². The van der Waals surface area contributed by atoms with Crippen molar-refractivity contribution in [3.8, 4) is 23.1 Å². The van der Waals surface area contributed by atoms with Gasteiger partial charge in [-0.1, -0.05) is 48.5 Å². The predicted molar refractivity (Wildman–Crippen MR) is 167 cm³/mol. The number of hydrogen-bond donors (Lipinski definition) is 1. The highest BCUT2D eigenvalue weighted by Crippen LogP contribution is 2.29. The minimum atomic E-state index is -0.332. The predicted octanol–water partition coefficient (Wildman–Crippen LogP) is 6.42. The number of ether oxygens (including phenoxy) is 2. The van der Waals surface area contributed by atoms with Gasteiger partial charge in [-0.3, -0.25) is 9.59 Å². The third-order valence-corrected chi connectivity index (χ3v) is 6.77. The fraction of sp³-hybridized carbons (Fsp3) is 0.118. The molecule has 0 aliphatic rings. The Morgan fingerprint density at radius 3 is 2.58 bits per heavy atom. The highest BCUT2D eigenvalue weighted by molar-refractivity contribution is 5.92. The second-order valence-electron chi connectivity index (χ2n) is 9.75. The summed E-state index contributed by atoms with van der Waals surface area (Å²) in [5.41, 5.74) is 3.23. The van der Waals surface area contributed by atoms with Gasteiger partial charge in [-0.05, 0) is 73.5 Å². The Labute approximate surface area is 247 Å². The number of aromatic nitrogens is 2. The van der Waals surface area contributed by atoms with Gasteiger partial charge in [0.1, 0.15) is 5.58 Å². The first-order valence-corrected chi connectivity index (χ1v) is 13.8. The van der Waals surface area contributed by atoms with Crippen LogP contribution in [0, 0.1) is 6.92 Å². The molecule has 0 aliphatic heterocycles. The zero-order chi connectivity index (χ0) is 29.8. The number of aryl methyl sites for hydroxylation is 1. The molecule has 214 valence electrons. The summed E-state index contributed by atoms with van der Waals surface area (Å²) in [6, 6.07) is 29.3. The maximum absolute atomic E-state index is 13.6. The number of fused-ring (bicyclic) bond motifs is 2. The van der Waals surface area contributed by atoms with Crippen molar-refractivity contribution >= 4 is 39.7 Å². The van der Waals surface area contributed by atoms with E-state index >= 15 is 0 Å². The van der Waals surface area contributed by atoms with Crippen LogP contribution >= 0.6 is 0 Å². The summed E-state index contributed by atoms with van der Waals surface area (Å²) in [5, 5.41) is 8.71. The van der Waals surface area contributed by atoms with Crippen molar-refractivity contribution in [2.75, 3.05) is 18.5 Å². The van der Waals surface area contributed by atoms with Crippen LogP contribution in [0.25, 0.3) is 33.5 Å². The number of nitrogens with zero attached hydrogens (tertiary/aromatic N) is 3. The first-order chi connectivity index (χ1) is 21.0. The number of carbonyl (C=O) groups is 1. The van der Waals surface area contributed by atoms with Crippen LogP contribution in [0.4, 0.5) is 5.69 Å². The number of rotatable bonds is 9. The van der Waals surface area contributed by atoms with E-state index in [9.17, 15) is 9.59 Å². The van der Waals surface area contributed by atoms with Crippen LogP contribution in [0.3, 0.4) is 0 Å². The lowest BCUT2D eigenvalue weighted by Crippen LogP contribution is -2.21. The summed E-state index contributed by atoms with van der Waals surface area (Å²) in [6.45, 7) is 3.97. The molecular weight excluding hydrogens is 544 g/mol. The largest absolute Gasteiger partial charge is 0.490 e. The standard InChI is InChI=1S/C34H28N4O5/c1-3-41-30-18-23(16-17-29(30)42-21-32(39)36-26-13-7-4-10-22(26)2)20-35-38-33(31-19-24-11-5-9-15-28(24)43-31)37-27-14-8-6-12-25(27)34(38)40/h4-20H,3,21H2,1-2H3,(H,36,39). The van der Waals surface area contributed by atoms with Gasteiger partial charge >= 0.3 is 0 Å². The van der Waals surface area contributed by atoms with E-state index < -0.39 is 0 Å². The van der Waals surface area contributed by atoms with Crippen molar-refractivity contribution in [3.63, 3.8) is 0 Å². The normalized spacial score (nSPS) is 11.3. The van der Waals surface area contributed by atoms with E-state index in [-0.39, 0.29) is 23.9 Å². The molecule has 0 saturated carbocycles. The second kappa shape index (κ2) is 12.0. The van der Waals surface area contributed by atoms with Crippen molar-refractivity contribution in [1.82, 2.24) is 9.66 Å². The Kier molecular flexibility index (Phi) is 7.69. The fourth-order valence-corrected chi connectivity index (χ4v) is 4.64. The molecule has 2 aromatic heterocycles. The molecule has 6 rings (SSSR count). The summed E-state index contributed by atoms with van der Waals surface area (Å²) in [7, 11) is 0. The summed E-state index contributed by atoms with van der Waals surface area (Å²) in [6.07, 6.45) is 1.54. The summed E-state index contributed by atoms with van der Waals surface area (Å²) >= 11 is 0. The molecule has 0 aliphatic carbocycles. The molecule has 0 saturated heterocycles. The third kappa shape index (κ3) is 5.87. The van der Waals surface area contributed by atoms with E-state index in [2.05, 4.69) is 10.4 Å². The number of nitrogens with one attached hydrogen (secondary N) is 1.